The van der Waals surface area contributed by atoms with Crippen LogP contribution in [0.1, 0.15) is 17.6 Å². The highest BCUT2D eigenvalue weighted by Gasteiger charge is 2.45. The number of aliphatic hydroxyl groups is 2. The molecule has 0 aromatic carbocycles. The Bertz CT molecular complexity index is 531. The Morgan fingerprint density at radius 3 is 2.90 bits per heavy atom. The number of nitrogens with two attached hydrogens (primary N) is 1. The van der Waals surface area contributed by atoms with Gasteiger partial charge in [-0.1, -0.05) is 0 Å². The minimum absolute atomic E-state index is 0.127. The first-order valence-electron chi connectivity index (χ1n) is 5.66. The van der Waals surface area contributed by atoms with Gasteiger partial charge in [0.05, 0.1) is 18.5 Å². The first kappa shape index (κ1) is 14.5. The number of nitrogens with one attached hydrogen (secondary N) is 2. The zero-order valence-electron chi connectivity index (χ0n) is 10.1. The molecular weight excluding hydrogens is 276 g/mol. The van der Waals surface area contributed by atoms with Crippen LogP contribution in [-0.2, 0) is 4.74 Å². The van der Waals surface area contributed by atoms with Crippen molar-refractivity contribution in [1.82, 2.24) is 9.97 Å². The fraction of sp³-hybridized carbons (Fsp3) is 0.500. The molecule has 8 nitrogen and oxygen atoms in total. The molecule has 0 radical (unpaired) electrons. The molecule has 2 heterocycles. The van der Waals surface area contributed by atoms with Gasteiger partial charge in [0.2, 0.25) is 0 Å². The van der Waals surface area contributed by atoms with Gasteiger partial charge in [-0.15, -0.1) is 0 Å². The molecule has 110 valence electrons. The lowest BCUT2D eigenvalue weighted by molar-refractivity contribution is -0.0235. The van der Waals surface area contributed by atoms with E-state index in [0.29, 0.717) is 0 Å². The summed E-state index contributed by atoms with van der Waals surface area (Å²) >= 11 is 0. The number of imidazole rings is 1. The monoisotopic (exact) mass is 289 g/mol. The fourth-order valence-corrected chi connectivity index (χ4v) is 1.88. The number of amidine groups is 2. The van der Waals surface area contributed by atoms with Gasteiger partial charge in [0, 0.05) is 0 Å². The van der Waals surface area contributed by atoms with Crippen LogP contribution in [-0.4, -0.2) is 57.1 Å². The molecule has 0 saturated carbocycles. The van der Waals surface area contributed by atoms with Crippen molar-refractivity contribution in [2.24, 2.45) is 10.7 Å². The van der Waals surface area contributed by atoms with Gasteiger partial charge in [-0.3, -0.25) is 5.41 Å². The summed E-state index contributed by atoms with van der Waals surface area (Å²) in [7, 11) is 0. The van der Waals surface area contributed by atoms with Gasteiger partial charge in [0.15, 0.2) is 17.8 Å². The Morgan fingerprint density at radius 2 is 2.35 bits per heavy atom. The molecule has 1 aromatic heterocycles. The summed E-state index contributed by atoms with van der Waals surface area (Å²) in [5, 5.41) is 25.8. The molecule has 2 rings (SSSR count). The number of alkyl halides is 1. The quantitative estimate of drug-likeness (QED) is 0.280. The standard InChI is InChI=1S/C10H13F2N5O3/c11-5-6(19)4(2-18)20-7(5)3-1-15-9(16-3)8(13)17-10(12)14/h1,4-7,18-19H,2H2,(H,15,16)(H3,13,14,17)/t4-,5-,6-,7+/m1/s1. The molecule has 1 aliphatic rings. The Kier molecular flexibility index (Phi) is 4.06. The number of hydrogen-bond acceptors (Lipinski definition) is 5. The molecular formula is C10H13F2N5O3. The second kappa shape index (κ2) is 5.61. The van der Waals surface area contributed by atoms with Gasteiger partial charge in [-0.25, -0.2) is 9.37 Å². The van der Waals surface area contributed by atoms with Crippen molar-refractivity contribution in [3.8, 4) is 0 Å². The van der Waals surface area contributed by atoms with Crippen molar-refractivity contribution in [2.45, 2.75) is 24.5 Å². The number of halogens is 2. The van der Waals surface area contributed by atoms with E-state index in [2.05, 4.69) is 15.0 Å². The van der Waals surface area contributed by atoms with Crippen LogP contribution in [0.15, 0.2) is 11.2 Å². The molecule has 4 atom stereocenters. The molecule has 0 aliphatic carbocycles. The van der Waals surface area contributed by atoms with E-state index >= 15 is 0 Å². The zero-order chi connectivity index (χ0) is 14.9. The van der Waals surface area contributed by atoms with E-state index in [4.69, 9.17) is 21.0 Å². The molecule has 1 aliphatic heterocycles. The summed E-state index contributed by atoms with van der Waals surface area (Å²) < 4.78 is 31.3. The number of H-pyrrole nitrogens is 1. The van der Waals surface area contributed by atoms with Crippen LogP contribution in [0, 0.1) is 5.41 Å². The normalized spacial score (nSPS) is 30.7. The van der Waals surface area contributed by atoms with Crippen LogP contribution >= 0.6 is 0 Å². The molecule has 1 fully saturated rings. The number of aliphatic imine (C=N–C) groups is 1. The van der Waals surface area contributed by atoms with Crippen molar-refractivity contribution < 1.29 is 23.7 Å². The summed E-state index contributed by atoms with van der Waals surface area (Å²) in [6.07, 6.45) is -5.55. The van der Waals surface area contributed by atoms with Gasteiger partial charge < -0.3 is 25.7 Å². The molecule has 10 heteroatoms. The van der Waals surface area contributed by atoms with Crippen molar-refractivity contribution in [3.63, 3.8) is 0 Å². The van der Waals surface area contributed by atoms with Gasteiger partial charge in [-0.05, 0) is 0 Å². The van der Waals surface area contributed by atoms with Crippen molar-refractivity contribution in [1.29, 1.82) is 5.41 Å². The lowest BCUT2D eigenvalue weighted by atomic mass is 10.1. The van der Waals surface area contributed by atoms with Gasteiger partial charge >= 0.3 is 0 Å². The number of aromatic amines is 1. The zero-order valence-corrected chi connectivity index (χ0v) is 10.1. The minimum atomic E-state index is -1.76. The molecule has 1 saturated heterocycles. The third kappa shape index (κ3) is 2.66. The maximum absolute atomic E-state index is 13.8. The summed E-state index contributed by atoms with van der Waals surface area (Å²) in [5.74, 6) is -0.692. The maximum atomic E-state index is 13.8. The lowest BCUT2D eigenvalue weighted by Crippen LogP contribution is -2.30. The largest absolute Gasteiger partial charge is 0.394 e. The first-order chi connectivity index (χ1) is 9.43. The second-order valence-electron chi connectivity index (χ2n) is 4.18. The number of aliphatic hydroxyl groups excluding tert-OH is 2. The number of hydrogen-bond donors (Lipinski definition) is 5. The molecule has 1 aromatic rings. The fourth-order valence-electron chi connectivity index (χ4n) is 1.88. The van der Waals surface area contributed by atoms with Crippen molar-refractivity contribution in [2.75, 3.05) is 6.61 Å². The summed E-state index contributed by atoms with van der Waals surface area (Å²) in [6, 6.07) is 0. The SMILES string of the molecule is N=C(N=C(N)F)c1ncc([C@@H]2O[C@H](CO)[C@@H](O)[C@H]2F)[nH]1. The average Bonchev–Trinajstić information content (AvgIpc) is 2.96. The van der Waals surface area contributed by atoms with Gasteiger partial charge in [0.25, 0.3) is 6.09 Å². The van der Waals surface area contributed by atoms with Crippen LogP contribution in [0.2, 0.25) is 0 Å². The Balaban J connectivity index is 2.17. The van der Waals surface area contributed by atoms with E-state index in [1.165, 1.54) is 6.20 Å². The predicted molar refractivity (Wildman–Crippen MR) is 63.7 cm³/mol. The van der Waals surface area contributed by atoms with E-state index in [1.807, 2.05) is 0 Å². The Morgan fingerprint density at radius 1 is 1.65 bits per heavy atom. The molecule has 0 unspecified atom stereocenters. The van der Waals surface area contributed by atoms with E-state index < -0.39 is 43.0 Å². The first-order valence-corrected chi connectivity index (χ1v) is 5.66. The predicted octanol–water partition coefficient (Wildman–Crippen LogP) is -0.850. The van der Waals surface area contributed by atoms with E-state index in [9.17, 15) is 13.9 Å². The topological polar surface area (TPSA) is 141 Å². The van der Waals surface area contributed by atoms with Crippen molar-refractivity contribution >= 4 is 11.9 Å². The van der Waals surface area contributed by atoms with E-state index in [-0.39, 0.29) is 11.5 Å². The number of aromatic nitrogens is 2. The third-order valence-electron chi connectivity index (χ3n) is 2.84. The molecule has 6 N–H and O–H groups in total. The maximum Gasteiger partial charge on any atom is 0.281 e. The van der Waals surface area contributed by atoms with E-state index in [1.54, 1.807) is 0 Å². The second-order valence-corrected chi connectivity index (χ2v) is 4.18. The van der Waals surface area contributed by atoms with Crippen LogP contribution in [0.3, 0.4) is 0 Å². The highest BCUT2D eigenvalue weighted by molar-refractivity contribution is 5.99. The number of nitrogens with zero attached hydrogens (tertiary/aromatic N) is 2. The lowest BCUT2D eigenvalue weighted by Gasteiger charge is -2.10. The molecule has 20 heavy (non-hydrogen) atoms. The highest BCUT2D eigenvalue weighted by Crippen LogP contribution is 2.34. The molecule has 0 amide bonds. The highest BCUT2D eigenvalue weighted by atomic mass is 19.1. The van der Waals surface area contributed by atoms with Crippen molar-refractivity contribution in [3.05, 3.63) is 17.7 Å². The number of ether oxygens (including phenoxy) is 1. The smallest absolute Gasteiger partial charge is 0.281 e. The van der Waals surface area contributed by atoms with Crippen LogP contribution < -0.4 is 5.73 Å². The molecule has 0 bridgehead atoms. The van der Waals surface area contributed by atoms with Crippen LogP contribution in [0.5, 0.6) is 0 Å². The summed E-state index contributed by atoms with van der Waals surface area (Å²) in [6.45, 7) is -0.530. The Hall–Kier alpha value is -1.91. The Labute approximate surface area is 111 Å². The van der Waals surface area contributed by atoms with Crippen LogP contribution in [0.25, 0.3) is 0 Å². The summed E-state index contributed by atoms with van der Waals surface area (Å²) in [4.78, 5) is 9.30. The van der Waals surface area contributed by atoms with Gasteiger partial charge in [0.1, 0.15) is 18.3 Å². The molecule has 0 spiro atoms. The van der Waals surface area contributed by atoms with E-state index in [0.717, 1.165) is 0 Å². The minimum Gasteiger partial charge on any atom is -0.394 e. The van der Waals surface area contributed by atoms with Crippen LogP contribution in [0.4, 0.5) is 8.78 Å². The number of rotatable bonds is 3. The summed E-state index contributed by atoms with van der Waals surface area (Å²) in [5.41, 5.74) is 4.83. The average molecular weight is 289 g/mol. The van der Waals surface area contributed by atoms with Gasteiger partial charge in [-0.2, -0.15) is 9.38 Å². The third-order valence-corrected chi connectivity index (χ3v) is 2.84.